The first-order chi connectivity index (χ1) is 13.8. The number of fused-ring (bicyclic) bond motifs is 1. The zero-order chi connectivity index (χ0) is 18.9. The van der Waals surface area contributed by atoms with Crippen molar-refractivity contribution in [3.63, 3.8) is 0 Å². The highest BCUT2D eigenvalue weighted by molar-refractivity contribution is 7.09. The van der Waals surface area contributed by atoms with Crippen molar-refractivity contribution >= 4 is 16.9 Å². The van der Waals surface area contributed by atoms with Gasteiger partial charge in [0.05, 0.1) is 23.6 Å². The number of pyridine rings is 2. The predicted octanol–water partition coefficient (Wildman–Crippen LogP) is 3.95. The second-order valence-corrected chi connectivity index (χ2v) is 8.42. The van der Waals surface area contributed by atoms with Crippen LogP contribution in [0.5, 0.6) is 0 Å². The minimum atomic E-state index is 0.308. The number of hydrogen-bond acceptors (Lipinski definition) is 5. The van der Waals surface area contributed by atoms with Crippen LogP contribution in [0, 0.1) is 0 Å². The third-order valence-corrected chi connectivity index (χ3v) is 6.42. The molecule has 1 fully saturated rings. The van der Waals surface area contributed by atoms with E-state index in [1.54, 1.807) is 6.20 Å². The number of thiophene rings is 1. The largest absolute Gasteiger partial charge is 0.305 e. The Bertz CT molecular complexity index is 1060. The van der Waals surface area contributed by atoms with Gasteiger partial charge in [-0.25, -0.2) is 4.98 Å². The SMILES string of the molecule is CN1CCN(Cc2cccs2)C[C@@H]1c1ncn2cc(-c3cccnc3)ccc12. The Labute approximate surface area is 168 Å². The number of hydrogen-bond donors (Lipinski definition) is 0. The summed E-state index contributed by atoms with van der Waals surface area (Å²) in [6.45, 7) is 4.19. The van der Waals surface area contributed by atoms with E-state index >= 15 is 0 Å². The third kappa shape index (κ3) is 3.35. The summed E-state index contributed by atoms with van der Waals surface area (Å²) in [5.41, 5.74) is 4.62. The summed E-state index contributed by atoms with van der Waals surface area (Å²) in [4.78, 5) is 15.5. The van der Waals surface area contributed by atoms with Crippen molar-refractivity contribution in [2.75, 3.05) is 26.7 Å². The molecule has 0 N–H and O–H groups in total. The van der Waals surface area contributed by atoms with Crippen LogP contribution in [-0.2, 0) is 6.54 Å². The molecule has 5 rings (SSSR count). The lowest BCUT2D eigenvalue weighted by Crippen LogP contribution is -2.46. The lowest BCUT2D eigenvalue weighted by molar-refractivity contribution is 0.0899. The molecule has 0 unspecified atom stereocenters. The fraction of sp³-hybridized carbons (Fsp3) is 0.273. The second kappa shape index (κ2) is 7.47. The smallest absolute Gasteiger partial charge is 0.0996 e. The molecule has 1 aliphatic heterocycles. The lowest BCUT2D eigenvalue weighted by atomic mass is 10.1. The highest BCUT2D eigenvalue weighted by Crippen LogP contribution is 2.29. The molecule has 0 radical (unpaired) electrons. The number of likely N-dealkylation sites (N-methyl/N-ethyl adjacent to an activating group) is 1. The van der Waals surface area contributed by atoms with Crippen LogP contribution in [0.25, 0.3) is 16.6 Å². The number of rotatable bonds is 4. The zero-order valence-corrected chi connectivity index (χ0v) is 16.7. The fourth-order valence-corrected chi connectivity index (χ4v) is 4.72. The van der Waals surface area contributed by atoms with E-state index < -0.39 is 0 Å². The highest BCUT2D eigenvalue weighted by Gasteiger charge is 2.28. The van der Waals surface area contributed by atoms with Gasteiger partial charge in [0.25, 0.3) is 0 Å². The molecule has 1 atom stereocenters. The number of piperazine rings is 1. The molecule has 4 aromatic rings. The molecule has 1 aliphatic rings. The summed E-state index contributed by atoms with van der Waals surface area (Å²) in [5, 5.41) is 2.16. The topological polar surface area (TPSA) is 36.7 Å². The van der Waals surface area contributed by atoms with Crippen LogP contribution in [0.4, 0.5) is 0 Å². The van der Waals surface area contributed by atoms with Crippen molar-refractivity contribution < 1.29 is 0 Å². The van der Waals surface area contributed by atoms with E-state index in [0.717, 1.165) is 43.0 Å². The Morgan fingerprint density at radius 1 is 1.11 bits per heavy atom. The monoisotopic (exact) mass is 389 g/mol. The molecule has 28 heavy (non-hydrogen) atoms. The molecule has 0 aliphatic carbocycles. The maximum absolute atomic E-state index is 4.82. The maximum Gasteiger partial charge on any atom is 0.0996 e. The summed E-state index contributed by atoms with van der Waals surface area (Å²) in [6.07, 6.45) is 7.79. The summed E-state index contributed by atoms with van der Waals surface area (Å²) < 4.78 is 2.14. The van der Waals surface area contributed by atoms with Gasteiger partial charge in [-0.1, -0.05) is 18.2 Å². The molecule has 0 saturated carbocycles. The van der Waals surface area contributed by atoms with E-state index in [-0.39, 0.29) is 0 Å². The Morgan fingerprint density at radius 2 is 2.07 bits per heavy atom. The van der Waals surface area contributed by atoms with Gasteiger partial charge in [-0.05, 0) is 36.2 Å². The number of nitrogens with zero attached hydrogens (tertiary/aromatic N) is 5. The van der Waals surface area contributed by atoms with Crippen LogP contribution < -0.4 is 0 Å². The second-order valence-electron chi connectivity index (χ2n) is 7.39. The number of imidazole rings is 1. The lowest BCUT2D eigenvalue weighted by Gasteiger charge is -2.38. The van der Waals surface area contributed by atoms with Gasteiger partial charge in [0, 0.05) is 55.2 Å². The van der Waals surface area contributed by atoms with Crippen molar-refractivity contribution in [3.05, 3.63) is 77.3 Å². The van der Waals surface area contributed by atoms with Crippen LogP contribution in [-0.4, -0.2) is 50.9 Å². The Morgan fingerprint density at radius 3 is 2.89 bits per heavy atom. The van der Waals surface area contributed by atoms with E-state index in [4.69, 9.17) is 4.98 Å². The average Bonchev–Trinajstić information content (AvgIpc) is 3.39. The first kappa shape index (κ1) is 17.6. The Hall–Kier alpha value is -2.54. The normalized spacial score (nSPS) is 18.7. The van der Waals surface area contributed by atoms with Gasteiger partial charge in [-0.15, -0.1) is 11.3 Å². The fourth-order valence-electron chi connectivity index (χ4n) is 3.97. The van der Waals surface area contributed by atoms with Crippen molar-refractivity contribution in [2.45, 2.75) is 12.6 Å². The number of aromatic nitrogens is 3. The predicted molar refractivity (Wildman–Crippen MR) is 113 cm³/mol. The summed E-state index contributed by atoms with van der Waals surface area (Å²) in [6, 6.07) is 13.1. The molecule has 1 saturated heterocycles. The third-order valence-electron chi connectivity index (χ3n) is 5.56. The van der Waals surface area contributed by atoms with Gasteiger partial charge >= 0.3 is 0 Å². The molecule has 0 bridgehead atoms. The minimum absolute atomic E-state index is 0.308. The van der Waals surface area contributed by atoms with Crippen molar-refractivity contribution in [1.82, 2.24) is 24.2 Å². The minimum Gasteiger partial charge on any atom is -0.305 e. The summed E-state index contributed by atoms with van der Waals surface area (Å²) in [7, 11) is 2.21. The van der Waals surface area contributed by atoms with Crippen LogP contribution in [0.2, 0.25) is 0 Å². The molecule has 6 heteroatoms. The first-order valence-corrected chi connectivity index (χ1v) is 10.5. The van der Waals surface area contributed by atoms with E-state index in [1.165, 1.54) is 10.4 Å². The highest BCUT2D eigenvalue weighted by atomic mass is 32.1. The Balaban J connectivity index is 1.43. The van der Waals surface area contributed by atoms with Gasteiger partial charge in [0.1, 0.15) is 0 Å². The molecule has 5 heterocycles. The molecular weight excluding hydrogens is 366 g/mol. The van der Waals surface area contributed by atoms with Gasteiger partial charge < -0.3 is 4.40 Å². The van der Waals surface area contributed by atoms with Gasteiger partial charge in [-0.2, -0.15) is 0 Å². The van der Waals surface area contributed by atoms with Crippen LogP contribution in [0.3, 0.4) is 0 Å². The molecule has 0 spiro atoms. The van der Waals surface area contributed by atoms with Gasteiger partial charge in [0.15, 0.2) is 0 Å². The quantitative estimate of drug-likeness (QED) is 0.530. The van der Waals surface area contributed by atoms with Crippen LogP contribution in [0.15, 0.2) is 66.7 Å². The molecule has 5 nitrogen and oxygen atoms in total. The first-order valence-electron chi connectivity index (χ1n) is 9.60. The van der Waals surface area contributed by atoms with Crippen molar-refractivity contribution in [2.24, 2.45) is 0 Å². The standard InChI is InChI=1S/C22H23N5S/c1-25-9-10-26(14-19-5-3-11-28-19)15-21(25)22-20-7-6-18(13-27(20)16-24-22)17-4-2-8-23-12-17/h2-8,11-13,16,21H,9-10,14-15H2,1H3/t21-/m1/s1. The van der Waals surface area contributed by atoms with E-state index in [2.05, 4.69) is 68.1 Å². The van der Waals surface area contributed by atoms with E-state index in [0.29, 0.717) is 6.04 Å². The van der Waals surface area contributed by atoms with Gasteiger partial charge in [0.2, 0.25) is 0 Å². The Kier molecular flexibility index (Phi) is 4.68. The molecule has 142 valence electrons. The molecule has 0 amide bonds. The molecule has 0 aromatic carbocycles. The van der Waals surface area contributed by atoms with E-state index in [9.17, 15) is 0 Å². The van der Waals surface area contributed by atoms with Crippen LogP contribution >= 0.6 is 11.3 Å². The van der Waals surface area contributed by atoms with E-state index in [1.807, 2.05) is 29.9 Å². The molecular formula is C22H23N5S. The van der Waals surface area contributed by atoms with Crippen molar-refractivity contribution in [1.29, 1.82) is 0 Å². The average molecular weight is 390 g/mol. The summed E-state index contributed by atoms with van der Waals surface area (Å²) in [5.74, 6) is 0. The maximum atomic E-state index is 4.82. The van der Waals surface area contributed by atoms with Crippen molar-refractivity contribution in [3.8, 4) is 11.1 Å². The zero-order valence-electron chi connectivity index (χ0n) is 15.9. The summed E-state index contributed by atoms with van der Waals surface area (Å²) >= 11 is 1.84. The molecule has 4 aromatic heterocycles. The van der Waals surface area contributed by atoms with Gasteiger partial charge in [-0.3, -0.25) is 14.8 Å². The van der Waals surface area contributed by atoms with Crippen LogP contribution in [0.1, 0.15) is 16.6 Å².